The molecule has 4 rings (SSSR count). The molecule has 0 amide bonds. The summed E-state index contributed by atoms with van der Waals surface area (Å²) < 4.78 is 19.8. The highest BCUT2D eigenvalue weighted by Crippen LogP contribution is 2.35. The van der Waals surface area contributed by atoms with Gasteiger partial charge in [-0.2, -0.15) is 0 Å². The molecule has 0 unspecified atom stereocenters. The lowest BCUT2D eigenvalue weighted by Crippen LogP contribution is -2.24. The van der Waals surface area contributed by atoms with E-state index in [9.17, 15) is 4.39 Å². The zero-order valence-electron chi connectivity index (χ0n) is 14.0. The van der Waals surface area contributed by atoms with Gasteiger partial charge in [0, 0.05) is 19.2 Å². The van der Waals surface area contributed by atoms with Gasteiger partial charge in [0.2, 0.25) is 5.89 Å². The second kappa shape index (κ2) is 6.63. The van der Waals surface area contributed by atoms with Crippen molar-refractivity contribution in [3.05, 3.63) is 71.6 Å². The maximum Gasteiger partial charge on any atom is 0.217 e. The molecule has 0 N–H and O–H groups in total. The van der Waals surface area contributed by atoms with Crippen molar-refractivity contribution in [1.82, 2.24) is 15.0 Å². The van der Waals surface area contributed by atoms with E-state index in [0.29, 0.717) is 23.6 Å². The quantitative estimate of drug-likeness (QED) is 0.723. The topological polar surface area (TPSA) is 55.1 Å². The highest BCUT2D eigenvalue weighted by Gasteiger charge is 2.31. The predicted octanol–water partition coefficient (Wildman–Crippen LogP) is 3.84. The lowest BCUT2D eigenvalue weighted by Gasteiger charge is -2.23. The Kier molecular flexibility index (Phi) is 4.17. The van der Waals surface area contributed by atoms with Crippen molar-refractivity contribution < 1.29 is 8.81 Å². The SMILES string of the molecule is Cc1nccc(N2CCC[C@@H]2c2ncc(Cc3ccccc3F)o2)n1. The molecule has 6 heteroatoms. The highest BCUT2D eigenvalue weighted by atomic mass is 19.1. The fraction of sp³-hybridized carbons (Fsp3) is 0.316. The first-order valence-electron chi connectivity index (χ1n) is 8.45. The van der Waals surface area contributed by atoms with E-state index in [4.69, 9.17) is 4.42 Å². The van der Waals surface area contributed by atoms with E-state index in [0.717, 1.165) is 31.0 Å². The van der Waals surface area contributed by atoms with E-state index in [2.05, 4.69) is 19.9 Å². The van der Waals surface area contributed by atoms with Crippen molar-refractivity contribution in [2.45, 2.75) is 32.2 Å². The molecular weight excluding hydrogens is 319 g/mol. The fourth-order valence-electron chi connectivity index (χ4n) is 3.29. The predicted molar refractivity (Wildman–Crippen MR) is 91.8 cm³/mol. The number of hydrogen-bond donors (Lipinski definition) is 0. The molecule has 2 aromatic heterocycles. The lowest BCUT2D eigenvalue weighted by molar-refractivity contribution is 0.422. The number of halogens is 1. The Morgan fingerprint density at radius 3 is 2.96 bits per heavy atom. The third-order valence-corrected chi connectivity index (χ3v) is 4.49. The Morgan fingerprint density at radius 2 is 2.12 bits per heavy atom. The summed E-state index contributed by atoms with van der Waals surface area (Å²) in [5.41, 5.74) is 0.611. The van der Waals surface area contributed by atoms with Crippen molar-refractivity contribution in [3.63, 3.8) is 0 Å². The molecule has 25 heavy (non-hydrogen) atoms. The molecule has 0 radical (unpaired) electrons. The van der Waals surface area contributed by atoms with Gasteiger partial charge in [-0.1, -0.05) is 18.2 Å². The number of oxazole rings is 1. The van der Waals surface area contributed by atoms with Crippen LogP contribution in [0.3, 0.4) is 0 Å². The fourth-order valence-corrected chi connectivity index (χ4v) is 3.29. The minimum atomic E-state index is -0.223. The maximum absolute atomic E-state index is 13.8. The molecular formula is C19H19FN4O. The summed E-state index contributed by atoms with van der Waals surface area (Å²) in [6.07, 6.45) is 5.89. The van der Waals surface area contributed by atoms with Crippen LogP contribution in [0.4, 0.5) is 10.2 Å². The van der Waals surface area contributed by atoms with Crippen molar-refractivity contribution >= 4 is 5.82 Å². The first-order valence-corrected chi connectivity index (χ1v) is 8.45. The minimum absolute atomic E-state index is 0.0590. The molecule has 1 saturated heterocycles. The average Bonchev–Trinajstić information content (AvgIpc) is 3.26. The first kappa shape index (κ1) is 15.7. The molecule has 0 aliphatic carbocycles. The molecule has 1 atom stereocenters. The van der Waals surface area contributed by atoms with Gasteiger partial charge in [-0.05, 0) is 37.5 Å². The Morgan fingerprint density at radius 1 is 1.24 bits per heavy atom. The van der Waals surface area contributed by atoms with Gasteiger partial charge in [0.15, 0.2) is 0 Å². The van der Waals surface area contributed by atoms with Gasteiger partial charge in [-0.25, -0.2) is 19.3 Å². The lowest BCUT2D eigenvalue weighted by atomic mass is 10.1. The molecule has 0 saturated carbocycles. The summed E-state index contributed by atoms with van der Waals surface area (Å²) in [7, 11) is 0. The Balaban J connectivity index is 1.56. The van der Waals surface area contributed by atoms with E-state index in [1.165, 1.54) is 6.07 Å². The van der Waals surface area contributed by atoms with E-state index < -0.39 is 0 Å². The van der Waals surface area contributed by atoms with Gasteiger partial charge >= 0.3 is 0 Å². The molecule has 1 aromatic carbocycles. The van der Waals surface area contributed by atoms with Gasteiger partial charge in [0.05, 0.1) is 6.20 Å². The van der Waals surface area contributed by atoms with Crippen molar-refractivity contribution in [2.24, 2.45) is 0 Å². The zero-order chi connectivity index (χ0) is 17.2. The van der Waals surface area contributed by atoms with Crippen LogP contribution in [0.15, 0.2) is 47.1 Å². The molecule has 1 aliphatic heterocycles. The summed E-state index contributed by atoms with van der Waals surface area (Å²) in [6, 6.07) is 8.71. The third kappa shape index (κ3) is 3.24. The molecule has 0 spiro atoms. The molecule has 3 heterocycles. The summed E-state index contributed by atoms with van der Waals surface area (Å²) in [5, 5.41) is 0. The number of nitrogens with zero attached hydrogens (tertiary/aromatic N) is 4. The van der Waals surface area contributed by atoms with Gasteiger partial charge < -0.3 is 9.32 Å². The summed E-state index contributed by atoms with van der Waals surface area (Å²) in [6.45, 7) is 2.79. The van der Waals surface area contributed by atoms with E-state index in [-0.39, 0.29) is 11.9 Å². The monoisotopic (exact) mass is 338 g/mol. The zero-order valence-corrected chi connectivity index (χ0v) is 14.0. The highest BCUT2D eigenvalue weighted by molar-refractivity contribution is 5.41. The van der Waals surface area contributed by atoms with Gasteiger partial charge in [0.1, 0.15) is 29.3 Å². The van der Waals surface area contributed by atoms with Crippen molar-refractivity contribution in [3.8, 4) is 0 Å². The van der Waals surface area contributed by atoms with Gasteiger partial charge in [-0.3, -0.25) is 0 Å². The Hall–Kier alpha value is -2.76. The maximum atomic E-state index is 13.8. The van der Waals surface area contributed by atoms with Gasteiger partial charge in [0.25, 0.3) is 0 Å². The van der Waals surface area contributed by atoms with Crippen LogP contribution < -0.4 is 4.90 Å². The smallest absolute Gasteiger partial charge is 0.217 e. The van der Waals surface area contributed by atoms with Crippen LogP contribution in [0.25, 0.3) is 0 Å². The van der Waals surface area contributed by atoms with Crippen LogP contribution in [-0.4, -0.2) is 21.5 Å². The second-order valence-corrected chi connectivity index (χ2v) is 6.25. The summed E-state index contributed by atoms with van der Waals surface area (Å²) in [5.74, 6) is 2.75. The van der Waals surface area contributed by atoms with Gasteiger partial charge in [-0.15, -0.1) is 0 Å². The van der Waals surface area contributed by atoms with E-state index >= 15 is 0 Å². The van der Waals surface area contributed by atoms with E-state index in [1.807, 2.05) is 19.1 Å². The molecule has 1 aliphatic rings. The Labute approximate surface area is 145 Å². The molecule has 0 bridgehead atoms. The minimum Gasteiger partial charge on any atom is -0.443 e. The summed E-state index contributed by atoms with van der Waals surface area (Å²) >= 11 is 0. The normalized spacial score (nSPS) is 17.2. The Bertz CT molecular complexity index is 879. The van der Waals surface area contributed by atoms with Crippen molar-refractivity contribution in [1.29, 1.82) is 0 Å². The summed E-state index contributed by atoms with van der Waals surface area (Å²) in [4.78, 5) is 15.3. The van der Waals surface area contributed by atoms with Crippen molar-refractivity contribution in [2.75, 3.05) is 11.4 Å². The van der Waals surface area contributed by atoms with Crippen LogP contribution in [0.5, 0.6) is 0 Å². The molecule has 5 nitrogen and oxygen atoms in total. The number of rotatable bonds is 4. The van der Waals surface area contributed by atoms with Crippen LogP contribution in [-0.2, 0) is 6.42 Å². The molecule has 1 fully saturated rings. The number of aryl methyl sites for hydroxylation is 1. The van der Waals surface area contributed by atoms with Crippen LogP contribution in [0.1, 0.15) is 41.9 Å². The van der Waals surface area contributed by atoms with Crippen LogP contribution >= 0.6 is 0 Å². The molecule has 3 aromatic rings. The number of anilines is 1. The van der Waals surface area contributed by atoms with Crippen LogP contribution in [0.2, 0.25) is 0 Å². The number of aromatic nitrogens is 3. The second-order valence-electron chi connectivity index (χ2n) is 6.25. The number of benzene rings is 1. The largest absolute Gasteiger partial charge is 0.443 e. The number of hydrogen-bond acceptors (Lipinski definition) is 5. The van der Waals surface area contributed by atoms with E-state index in [1.54, 1.807) is 24.5 Å². The molecule has 128 valence electrons. The van der Waals surface area contributed by atoms with Crippen LogP contribution in [0, 0.1) is 12.7 Å². The first-order chi connectivity index (χ1) is 12.2. The standard InChI is InChI=1S/C19H19FN4O/c1-13-21-9-8-18(23-13)24-10-4-7-17(24)19-22-12-15(25-19)11-14-5-2-3-6-16(14)20/h2-3,5-6,8-9,12,17H,4,7,10-11H2,1H3/t17-/m1/s1. The third-order valence-electron chi connectivity index (χ3n) is 4.49. The average molecular weight is 338 g/mol.